The first-order chi connectivity index (χ1) is 14.8. The van der Waals surface area contributed by atoms with Crippen LogP contribution in [0.2, 0.25) is 0 Å². The molecule has 0 aliphatic heterocycles. The highest BCUT2D eigenvalue weighted by Crippen LogP contribution is 2.07. The molecule has 0 spiro atoms. The number of amides is 4. The summed E-state index contributed by atoms with van der Waals surface area (Å²) in [5, 5.41) is 24.7. The maximum absolute atomic E-state index is 12.7. The fourth-order valence-corrected chi connectivity index (χ4v) is 2.70. The SMILES string of the molecule is CCC(C)C(N)C(=O)NC(CCC(N)=O)C(=O)NC(CC(=O)O)C(=O)NC(CS)C(=O)O. The molecule has 0 fully saturated rings. The molecule has 4 amide bonds. The second kappa shape index (κ2) is 14.2. The molecule has 0 aromatic carbocycles. The monoisotopic (exact) mass is 477 g/mol. The smallest absolute Gasteiger partial charge is 0.327 e. The van der Waals surface area contributed by atoms with Crippen LogP contribution in [0, 0.1) is 5.92 Å². The summed E-state index contributed by atoms with van der Waals surface area (Å²) >= 11 is 3.80. The number of nitrogens with two attached hydrogens (primary N) is 2. The van der Waals surface area contributed by atoms with E-state index in [4.69, 9.17) is 21.7 Å². The number of nitrogens with one attached hydrogen (secondary N) is 3. The zero-order valence-electron chi connectivity index (χ0n) is 17.9. The van der Waals surface area contributed by atoms with Gasteiger partial charge in [-0.3, -0.25) is 24.0 Å². The molecule has 0 bridgehead atoms. The standard InChI is InChI=1S/C18H31N5O8S/c1-3-8(2)14(20)17(29)21-9(4-5-12(19)24)15(27)22-10(6-13(25)26)16(28)23-11(7-32)18(30)31/h8-11,14,32H,3-7,20H2,1-2H3,(H2,19,24)(H,21,29)(H,22,27)(H,23,28)(H,25,26)(H,30,31). The molecule has 0 aromatic rings. The van der Waals surface area contributed by atoms with E-state index >= 15 is 0 Å². The summed E-state index contributed by atoms with van der Waals surface area (Å²) < 4.78 is 0. The Morgan fingerprint density at radius 1 is 0.906 bits per heavy atom. The summed E-state index contributed by atoms with van der Waals surface area (Å²) in [7, 11) is 0. The van der Waals surface area contributed by atoms with Gasteiger partial charge in [0.25, 0.3) is 0 Å². The summed E-state index contributed by atoms with van der Waals surface area (Å²) in [5.74, 6) is -6.80. The predicted molar refractivity (Wildman–Crippen MR) is 115 cm³/mol. The van der Waals surface area contributed by atoms with Crippen LogP contribution in [0.4, 0.5) is 0 Å². The third kappa shape index (κ3) is 10.4. The molecule has 14 heteroatoms. The van der Waals surface area contributed by atoms with Crippen molar-refractivity contribution in [3.05, 3.63) is 0 Å². The van der Waals surface area contributed by atoms with Gasteiger partial charge in [0.1, 0.15) is 18.1 Å². The quantitative estimate of drug-likeness (QED) is 0.117. The second-order valence-corrected chi connectivity index (χ2v) is 7.58. The van der Waals surface area contributed by atoms with Crippen LogP contribution in [0.5, 0.6) is 0 Å². The first-order valence-corrected chi connectivity index (χ1v) is 10.5. The Balaban J connectivity index is 5.54. The topological polar surface area (TPSA) is 231 Å². The Hall–Kier alpha value is -2.87. The number of carboxylic acids is 2. The zero-order chi connectivity index (χ0) is 25.0. The summed E-state index contributed by atoms with van der Waals surface area (Å²) in [5.41, 5.74) is 11.0. The molecule has 0 aromatic heterocycles. The molecule has 0 radical (unpaired) electrons. The van der Waals surface area contributed by atoms with Gasteiger partial charge in [-0.15, -0.1) is 0 Å². The maximum atomic E-state index is 12.7. The molecular formula is C18H31N5O8S. The molecule has 0 aliphatic carbocycles. The van der Waals surface area contributed by atoms with Gasteiger partial charge in [-0.2, -0.15) is 12.6 Å². The van der Waals surface area contributed by atoms with Crippen molar-refractivity contribution in [3.63, 3.8) is 0 Å². The Bertz CT molecular complexity index is 719. The first kappa shape index (κ1) is 29.1. The Morgan fingerprint density at radius 3 is 1.84 bits per heavy atom. The van der Waals surface area contributed by atoms with E-state index in [1.54, 1.807) is 6.92 Å². The van der Waals surface area contributed by atoms with Crippen molar-refractivity contribution in [3.8, 4) is 0 Å². The normalized spacial score (nSPS) is 15.4. The van der Waals surface area contributed by atoms with Gasteiger partial charge < -0.3 is 37.6 Å². The molecule has 182 valence electrons. The average molecular weight is 478 g/mol. The second-order valence-electron chi connectivity index (χ2n) is 7.22. The average Bonchev–Trinajstić information content (AvgIpc) is 2.71. The van der Waals surface area contributed by atoms with Crippen molar-refractivity contribution in [1.29, 1.82) is 0 Å². The first-order valence-electron chi connectivity index (χ1n) is 9.84. The van der Waals surface area contributed by atoms with Crippen LogP contribution in [-0.4, -0.2) is 75.7 Å². The number of aliphatic carboxylic acids is 2. The summed E-state index contributed by atoms with van der Waals surface area (Å²) in [6.07, 6.45) is -0.785. The van der Waals surface area contributed by atoms with E-state index in [0.717, 1.165) is 0 Å². The van der Waals surface area contributed by atoms with Crippen molar-refractivity contribution in [2.24, 2.45) is 17.4 Å². The number of carbonyl (C=O) groups excluding carboxylic acids is 4. The number of hydrogen-bond donors (Lipinski definition) is 8. The van der Waals surface area contributed by atoms with Crippen molar-refractivity contribution < 1.29 is 39.0 Å². The van der Waals surface area contributed by atoms with Gasteiger partial charge in [0.15, 0.2) is 0 Å². The molecule has 5 unspecified atom stereocenters. The number of primary amides is 1. The lowest BCUT2D eigenvalue weighted by molar-refractivity contribution is -0.143. The van der Waals surface area contributed by atoms with E-state index < -0.39 is 66.2 Å². The maximum Gasteiger partial charge on any atom is 0.327 e. The molecule has 0 aliphatic rings. The van der Waals surface area contributed by atoms with E-state index in [9.17, 15) is 28.8 Å². The molecule has 0 saturated heterocycles. The molecule has 13 nitrogen and oxygen atoms in total. The molecule has 0 heterocycles. The Kier molecular flexibility index (Phi) is 13.0. The lowest BCUT2D eigenvalue weighted by Crippen LogP contribution is -2.58. The van der Waals surface area contributed by atoms with Crippen LogP contribution in [0.1, 0.15) is 39.5 Å². The van der Waals surface area contributed by atoms with Crippen molar-refractivity contribution >= 4 is 48.2 Å². The van der Waals surface area contributed by atoms with Crippen LogP contribution >= 0.6 is 12.6 Å². The summed E-state index contributed by atoms with van der Waals surface area (Å²) in [6, 6.07) is -5.36. The fourth-order valence-electron chi connectivity index (χ4n) is 2.45. The number of rotatable bonds is 15. The summed E-state index contributed by atoms with van der Waals surface area (Å²) in [4.78, 5) is 70.8. The van der Waals surface area contributed by atoms with Gasteiger partial charge in [-0.05, 0) is 12.3 Å². The molecule has 0 rings (SSSR count). The molecule has 9 N–H and O–H groups in total. The van der Waals surface area contributed by atoms with E-state index in [1.165, 1.54) is 0 Å². The number of thiol groups is 1. The number of carboxylic acid groups (broad SMARTS) is 2. The Labute approximate surface area is 190 Å². The molecule has 32 heavy (non-hydrogen) atoms. The Morgan fingerprint density at radius 2 is 1.41 bits per heavy atom. The lowest BCUT2D eigenvalue weighted by Gasteiger charge is -2.25. The molecular weight excluding hydrogens is 446 g/mol. The van der Waals surface area contributed by atoms with E-state index in [-0.39, 0.29) is 24.5 Å². The number of hydrogen-bond acceptors (Lipinski definition) is 8. The third-order valence-electron chi connectivity index (χ3n) is 4.68. The van der Waals surface area contributed by atoms with Gasteiger partial charge in [-0.25, -0.2) is 4.79 Å². The highest BCUT2D eigenvalue weighted by Gasteiger charge is 2.32. The van der Waals surface area contributed by atoms with Gasteiger partial charge in [0, 0.05) is 12.2 Å². The van der Waals surface area contributed by atoms with Crippen molar-refractivity contribution in [2.75, 3.05) is 5.75 Å². The highest BCUT2D eigenvalue weighted by atomic mass is 32.1. The predicted octanol–water partition coefficient (Wildman–Crippen LogP) is -2.43. The minimum atomic E-state index is -1.65. The van der Waals surface area contributed by atoms with Crippen LogP contribution in [0.15, 0.2) is 0 Å². The summed E-state index contributed by atoms with van der Waals surface area (Å²) in [6.45, 7) is 3.55. The minimum absolute atomic E-state index is 0.213. The van der Waals surface area contributed by atoms with Crippen molar-refractivity contribution in [1.82, 2.24) is 16.0 Å². The number of carbonyl (C=O) groups is 6. The largest absolute Gasteiger partial charge is 0.481 e. The van der Waals surface area contributed by atoms with E-state index in [0.29, 0.717) is 6.42 Å². The van der Waals surface area contributed by atoms with Gasteiger partial charge in [0.05, 0.1) is 12.5 Å². The van der Waals surface area contributed by atoms with Gasteiger partial charge >= 0.3 is 11.9 Å². The fraction of sp³-hybridized carbons (Fsp3) is 0.667. The van der Waals surface area contributed by atoms with Crippen molar-refractivity contribution in [2.45, 2.75) is 63.7 Å². The molecule has 5 atom stereocenters. The van der Waals surface area contributed by atoms with E-state index in [1.807, 2.05) is 6.92 Å². The minimum Gasteiger partial charge on any atom is -0.481 e. The van der Waals surface area contributed by atoms with Crippen LogP contribution in [0.3, 0.4) is 0 Å². The van der Waals surface area contributed by atoms with Crippen LogP contribution in [-0.2, 0) is 28.8 Å². The van der Waals surface area contributed by atoms with Crippen LogP contribution < -0.4 is 27.4 Å². The van der Waals surface area contributed by atoms with Gasteiger partial charge in [0.2, 0.25) is 23.6 Å². The highest BCUT2D eigenvalue weighted by molar-refractivity contribution is 7.80. The zero-order valence-corrected chi connectivity index (χ0v) is 18.8. The van der Waals surface area contributed by atoms with Gasteiger partial charge in [-0.1, -0.05) is 20.3 Å². The van der Waals surface area contributed by atoms with Crippen LogP contribution in [0.25, 0.3) is 0 Å². The molecule has 0 saturated carbocycles. The lowest BCUT2D eigenvalue weighted by atomic mass is 9.98. The third-order valence-corrected chi connectivity index (χ3v) is 5.05. The van der Waals surface area contributed by atoms with E-state index in [2.05, 4.69) is 28.6 Å².